The maximum atomic E-state index is 12.5. The first-order valence-electron chi connectivity index (χ1n) is 8.54. The molecule has 7 nitrogen and oxygen atoms in total. The molecular weight excluding hydrogens is 318 g/mol. The number of pyridine rings is 1. The number of aliphatic hydroxyl groups excluding tert-OH is 1. The van der Waals surface area contributed by atoms with Crippen LogP contribution in [0.4, 0.5) is 0 Å². The van der Waals surface area contributed by atoms with Gasteiger partial charge in [0.25, 0.3) is 0 Å². The Kier molecular flexibility index (Phi) is 5.45. The van der Waals surface area contributed by atoms with Crippen molar-refractivity contribution < 1.29 is 9.90 Å². The van der Waals surface area contributed by atoms with Gasteiger partial charge in [0.15, 0.2) is 0 Å². The van der Waals surface area contributed by atoms with Crippen molar-refractivity contribution in [2.75, 3.05) is 13.6 Å². The Labute approximate surface area is 147 Å². The van der Waals surface area contributed by atoms with Crippen LogP contribution in [-0.4, -0.2) is 50.4 Å². The zero-order chi connectivity index (χ0) is 17.8. The normalized spacial score (nSPS) is 21.0. The molecule has 0 aliphatic heterocycles. The first-order valence-corrected chi connectivity index (χ1v) is 8.54. The first-order chi connectivity index (χ1) is 12.0. The zero-order valence-electron chi connectivity index (χ0n) is 14.7. The summed E-state index contributed by atoms with van der Waals surface area (Å²) in [6, 6.07) is 3.79. The highest BCUT2D eigenvalue weighted by Crippen LogP contribution is 2.37. The molecule has 0 spiro atoms. The Bertz CT molecular complexity index is 697. The smallest absolute Gasteiger partial charge is 0.234 e. The Morgan fingerprint density at radius 2 is 2.28 bits per heavy atom. The second kappa shape index (κ2) is 7.76. The third kappa shape index (κ3) is 4.64. The number of aryl methyl sites for hydroxylation is 1. The summed E-state index contributed by atoms with van der Waals surface area (Å²) in [5.74, 6) is 0.230. The molecule has 3 rings (SSSR count). The monoisotopic (exact) mass is 343 g/mol. The lowest BCUT2D eigenvalue weighted by molar-refractivity contribution is -0.124. The van der Waals surface area contributed by atoms with E-state index in [2.05, 4.69) is 15.4 Å². The van der Waals surface area contributed by atoms with Crippen LogP contribution in [0.3, 0.4) is 0 Å². The predicted octanol–water partition coefficient (Wildman–Crippen LogP) is 0.875. The van der Waals surface area contributed by atoms with Gasteiger partial charge in [-0.2, -0.15) is 5.10 Å². The SMILES string of the molecule is CN(CC(=O)N[C@H](c1cnn(C)c1)C1CC(O)C1)Cc1cccnc1. The van der Waals surface area contributed by atoms with Crippen LogP contribution in [0.15, 0.2) is 36.9 Å². The molecule has 0 unspecified atom stereocenters. The van der Waals surface area contributed by atoms with Crippen molar-refractivity contribution in [3.8, 4) is 0 Å². The molecule has 1 atom stereocenters. The number of nitrogens with one attached hydrogen (secondary N) is 1. The van der Waals surface area contributed by atoms with E-state index in [-0.39, 0.29) is 24.0 Å². The molecule has 0 bridgehead atoms. The number of nitrogens with zero attached hydrogens (tertiary/aromatic N) is 4. The van der Waals surface area contributed by atoms with Gasteiger partial charge >= 0.3 is 0 Å². The van der Waals surface area contributed by atoms with Crippen LogP contribution >= 0.6 is 0 Å². The number of carbonyl (C=O) groups is 1. The fourth-order valence-corrected chi connectivity index (χ4v) is 3.30. The summed E-state index contributed by atoms with van der Waals surface area (Å²) in [5, 5.41) is 16.9. The van der Waals surface area contributed by atoms with Gasteiger partial charge in [-0.05, 0) is 37.4 Å². The molecule has 0 radical (unpaired) electrons. The van der Waals surface area contributed by atoms with E-state index in [1.807, 2.05) is 43.5 Å². The van der Waals surface area contributed by atoms with Gasteiger partial charge in [-0.15, -0.1) is 0 Å². The number of likely N-dealkylation sites (N-methyl/N-ethyl adjacent to an activating group) is 1. The molecule has 7 heteroatoms. The van der Waals surface area contributed by atoms with Gasteiger partial charge in [0.05, 0.1) is 24.9 Å². The van der Waals surface area contributed by atoms with Crippen LogP contribution in [0, 0.1) is 5.92 Å². The number of amides is 1. The molecule has 0 aromatic carbocycles. The average Bonchev–Trinajstić information content (AvgIpc) is 2.97. The molecule has 1 saturated carbocycles. The van der Waals surface area contributed by atoms with Crippen molar-refractivity contribution >= 4 is 5.91 Å². The molecule has 1 aliphatic rings. The highest BCUT2D eigenvalue weighted by molar-refractivity contribution is 5.78. The Balaban J connectivity index is 1.58. The van der Waals surface area contributed by atoms with Crippen LogP contribution < -0.4 is 5.32 Å². The van der Waals surface area contributed by atoms with Crippen LogP contribution in [0.5, 0.6) is 0 Å². The molecule has 0 saturated heterocycles. The second-order valence-corrected chi connectivity index (χ2v) is 6.91. The molecule has 134 valence electrons. The zero-order valence-corrected chi connectivity index (χ0v) is 14.7. The number of carbonyl (C=O) groups excluding carboxylic acids is 1. The largest absolute Gasteiger partial charge is 0.393 e. The van der Waals surface area contributed by atoms with E-state index in [4.69, 9.17) is 0 Å². The number of aliphatic hydroxyl groups is 1. The van der Waals surface area contributed by atoms with E-state index in [9.17, 15) is 9.90 Å². The number of aromatic nitrogens is 3. The lowest BCUT2D eigenvalue weighted by Gasteiger charge is -2.37. The summed E-state index contributed by atoms with van der Waals surface area (Å²) < 4.78 is 1.73. The fraction of sp³-hybridized carbons (Fsp3) is 0.500. The summed E-state index contributed by atoms with van der Waals surface area (Å²) in [5.41, 5.74) is 2.06. The Hall–Kier alpha value is -2.25. The van der Waals surface area contributed by atoms with Gasteiger partial charge in [0, 0.05) is 37.7 Å². The number of rotatable bonds is 7. The van der Waals surface area contributed by atoms with E-state index < -0.39 is 0 Å². The van der Waals surface area contributed by atoms with Gasteiger partial charge in [-0.25, -0.2) is 0 Å². The summed E-state index contributed by atoms with van der Waals surface area (Å²) in [6.07, 6.45) is 8.43. The van der Waals surface area contributed by atoms with Crippen molar-refractivity contribution in [3.63, 3.8) is 0 Å². The van der Waals surface area contributed by atoms with Gasteiger partial charge in [-0.3, -0.25) is 19.4 Å². The van der Waals surface area contributed by atoms with E-state index in [1.165, 1.54) is 0 Å². The maximum absolute atomic E-state index is 12.5. The molecule has 1 fully saturated rings. The van der Waals surface area contributed by atoms with E-state index in [0.29, 0.717) is 25.9 Å². The molecule has 2 heterocycles. The van der Waals surface area contributed by atoms with Gasteiger partial charge in [0.2, 0.25) is 5.91 Å². The second-order valence-electron chi connectivity index (χ2n) is 6.91. The van der Waals surface area contributed by atoms with Crippen molar-refractivity contribution in [1.29, 1.82) is 0 Å². The van der Waals surface area contributed by atoms with Crippen molar-refractivity contribution in [2.45, 2.75) is 31.5 Å². The molecule has 2 aromatic rings. The lowest BCUT2D eigenvalue weighted by atomic mass is 9.75. The number of hydrogen-bond donors (Lipinski definition) is 2. The molecule has 1 amide bonds. The van der Waals surface area contributed by atoms with E-state index in [1.54, 1.807) is 17.1 Å². The van der Waals surface area contributed by atoms with Crippen molar-refractivity contribution in [3.05, 3.63) is 48.0 Å². The molecule has 2 aromatic heterocycles. The highest BCUT2D eigenvalue weighted by atomic mass is 16.3. The minimum atomic E-state index is -0.255. The average molecular weight is 343 g/mol. The summed E-state index contributed by atoms with van der Waals surface area (Å²) in [6.45, 7) is 0.974. The summed E-state index contributed by atoms with van der Waals surface area (Å²) in [4.78, 5) is 18.6. The molecule has 1 aliphatic carbocycles. The maximum Gasteiger partial charge on any atom is 0.234 e. The fourth-order valence-electron chi connectivity index (χ4n) is 3.30. The molecule has 2 N–H and O–H groups in total. The van der Waals surface area contributed by atoms with Gasteiger partial charge in [0.1, 0.15) is 0 Å². The van der Waals surface area contributed by atoms with E-state index in [0.717, 1.165) is 11.1 Å². The summed E-state index contributed by atoms with van der Waals surface area (Å²) >= 11 is 0. The summed E-state index contributed by atoms with van der Waals surface area (Å²) in [7, 11) is 3.78. The number of hydrogen-bond acceptors (Lipinski definition) is 5. The van der Waals surface area contributed by atoms with Gasteiger partial charge in [-0.1, -0.05) is 6.07 Å². The minimum absolute atomic E-state index is 0.0263. The quantitative estimate of drug-likeness (QED) is 0.780. The van der Waals surface area contributed by atoms with Crippen LogP contribution in [0.25, 0.3) is 0 Å². The van der Waals surface area contributed by atoms with Crippen molar-refractivity contribution in [2.24, 2.45) is 13.0 Å². The van der Waals surface area contributed by atoms with Crippen LogP contribution in [-0.2, 0) is 18.4 Å². The third-order valence-electron chi connectivity index (χ3n) is 4.61. The molecule has 25 heavy (non-hydrogen) atoms. The minimum Gasteiger partial charge on any atom is -0.393 e. The standard InChI is InChI=1S/C18H25N5O2/c1-22(10-13-4-3-5-19-8-13)12-17(25)21-18(14-6-16(24)7-14)15-9-20-23(2)11-15/h3-5,8-9,11,14,16,18,24H,6-7,10,12H2,1-2H3,(H,21,25)/t14?,16?,18-/m0/s1. The topological polar surface area (TPSA) is 83.3 Å². The molecular formula is C18H25N5O2. The Morgan fingerprint density at radius 3 is 2.88 bits per heavy atom. The van der Waals surface area contributed by atoms with Crippen LogP contribution in [0.2, 0.25) is 0 Å². The van der Waals surface area contributed by atoms with Crippen molar-refractivity contribution in [1.82, 2.24) is 25.0 Å². The van der Waals surface area contributed by atoms with Gasteiger partial charge < -0.3 is 10.4 Å². The Morgan fingerprint density at radius 1 is 1.48 bits per heavy atom. The third-order valence-corrected chi connectivity index (χ3v) is 4.61. The van der Waals surface area contributed by atoms with E-state index >= 15 is 0 Å². The highest BCUT2D eigenvalue weighted by Gasteiger charge is 2.36. The first kappa shape index (κ1) is 17.6. The predicted molar refractivity (Wildman–Crippen MR) is 93.4 cm³/mol. The van der Waals surface area contributed by atoms with Crippen LogP contribution in [0.1, 0.15) is 30.0 Å². The lowest BCUT2D eigenvalue weighted by Crippen LogP contribution is -2.44.